The molecule has 18 heavy (non-hydrogen) atoms. The fourth-order valence-electron chi connectivity index (χ4n) is 1.26. The lowest BCUT2D eigenvalue weighted by Crippen LogP contribution is -1.73. The number of methoxy groups -OCH3 is 1. The highest BCUT2D eigenvalue weighted by molar-refractivity contribution is 5.62. The molecule has 2 aromatic rings. The van der Waals surface area contributed by atoms with Gasteiger partial charge in [-0.1, -0.05) is 74.5 Å². The molecule has 0 amide bonds. The van der Waals surface area contributed by atoms with E-state index in [0.29, 0.717) is 0 Å². The van der Waals surface area contributed by atoms with Crippen molar-refractivity contribution in [1.29, 1.82) is 0 Å². The molecule has 1 nitrogen and oxygen atoms in total. The van der Waals surface area contributed by atoms with Gasteiger partial charge < -0.3 is 4.74 Å². The van der Waals surface area contributed by atoms with Gasteiger partial charge in [-0.2, -0.15) is 0 Å². The summed E-state index contributed by atoms with van der Waals surface area (Å²) in [5.41, 5.74) is 2.55. The summed E-state index contributed by atoms with van der Waals surface area (Å²) in [5.74, 6) is 0. The molecule has 2 aromatic carbocycles. The van der Waals surface area contributed by atoms with Crippen molar-refractivity contribution in [1.82, 2.24) is 0 Å². The number of hydrogen-bond donors (Lipinski definition) is 0. The van der Waals surface area contributed by atoms with Gasteiger partial charge in [0.05, 0.1) is 0 Å². The first-order valence-corrected chi connectivity index (χ1v) is 6.48. The van der Waals surface area contributed by atoms with Crippen molar-refractivity contribution in [2.75, 3.05) is 13.7 Å². The Morgan fingerprint density at radius 1 is 0.722 bits per heavy atom. The first-order chi connectivity index (χ1) is 8.88. The SMILES string of the molecule is CC.CCOC.c1ccc(-c2ccccc2)cc1. The highest BCUT2D eigenvalue weighted by Crippen LogP contribution is 2.17. The van der Waals surface area contributed by atoms with Gasteiger partial charge in [0, 0.05) is 13.7 Å². The fraction of sp³-hybridized carbons (Fsp3) is 0.294. The van der Waals surface area contributed by atoms with Crippen LogP contribution in [0.25, 0.3) is 11.1 Å². The Bertz CT molecular complexity index is 328. The summed E-state index contributed by atoms with van der Waals surface area (Å²) in [5, 5.41) is 0. The smallest absolute Gasteiger partial charge is 0.0433 e. The third-order valence-electron chi connectivity index (χ3n) is 2.17. The van der Waals surface area contributed by atoms with Crippen molar-refractivity contribution in [2.45, 2.75) is 20.8 Å². The molecule has 0 unspecified atom stereocenters. The van der Waals surface area contributed by atoms with E-state index in [1.807, 2.05) is 32.9 Å². The molecule has 0 aliphatic carbocycles. The minimum Gasteiger partial charge on any atom is -0.385 e. The second kappa shape index (κ2) is 11.9. The number of rotatable bonds is 2. The molecule has 0 saturated heterocycles. The largest absolute Gasteiger partial charge is 0.385 e. The molecule has 0 N–H and O–H groups in total. The molecule has 0 aliphatic rings. The monoisotopic (exact) mass is 244 g/mol. The van der Waals surface area contributed by atoms with Crippen LogP contribution in [0.4, 0.5) is 0 Å². The van der Waals surface area contributed by atoms with Crippen LogP contribution in [0.3, 0.4) is 0 Å². The Labute approximate surface area is 111 Å². The van der Waals surface area contributed by atoms with Gasteiger partial charge in [-0.05, 0) is 18.1 Å². The molecule has 0 bridgehead atoms. The summed E-state index contributed by atoms with van der Waals surface area (Å²) in [4.78, 5) is 0. The van der Waals surface area contributed by atoms with Crippen LogP contribution in [0.15, 0.2) is 60.7 Å². The van der Waals surface area contributed by atoms with E-state index in [2.05, 4.69) is 53.3 Å². The van der Waals surface area contributed by atoms with Crippen LogP contribution in [-0.2, 0) is 4.74 Å². The average Bonchev–Trinajstić information content (AvgIpc) is 2.51. The normalized spacial score (nSPS) is 8.44. The lowest BCUT2D eigenvalue weighted by molar-refractivity contribution is 0.215. The van der Waals surface area contributed by atoms with Gasteiger partial charge >= 0.3 is 0 Å². The van der Waals surface area contributed by atoms with Crippen LogP contribution >= 0.6 is 0 Å². The first-order valence-electron chi connectivity index (χ1n) is 6.48. The summed E-state index contributed by atoms with van der Waals surface area (Å²) in [7, 11) is 1.68. The second-order valence-electron chi connectivity index (χ2n) is 3.31. The van der Waals surface area contributed by atoms with Crippen molar-refractivity contribution in [3.8, 4) is 11.1 Å². The van der Waals surface area contributed by atoms with Crippen LogP contribution in [0.2, 0.25) is 0 Å². The Kier molecular flexibility index (Phi) is 10.8. The number of benzene rings is 2. The molecular formula is C17H24O. The fourth-order valence-corrected chi connectivity index (χ4v) is 1.26. The second-order valence-corrected chi connectivity index (χ2v) is 3.31. The van der Waals surface area contributed by atoms with Gasteiger partial charge in [0.2, 0.25) is 0 Å². The summed E-state index contributed by atoms with van der Waals surface area (Å²) >= 11 is 0. The van der Waals surface area contributed by atoms with E-state index in [4.69, 9.17) is 0 Å². The zero-order chi connectivity index (χ0) is 13.6. The molecule has 0 saturated carbocycles. The van der Waals surface area contributed by atoms with Gasteiger partial charge in [-0.3, -0.25) is 0 Å². The van der Waals surface area contributed by atoms with E-state index in [9.17, 15) is 0 Å². The summed E-state index contributed by atoms with van der Waals surface area (Å²) < 4.78 is 4.54. The average molecular weight is 244 g/mol. The highest BCUT2D eigenvalue weighted by Gasteiger charge is 1.91. The number of hydrogen-bond acceptors (Lipinski definition) is 1. The van der Waals surface area contributed by atoms with E-state index < -0.39 is 0 Å². The third kappa shape index (κ3) is 6.87. The third-order valence-corrected chi connectivity index (χ3v) is 2.17. The van der Waals surface area contributed by atoms with Crippen LogP contribution in [0.5, 0.6) is 0 Å². The van der Waals surface area contributed by atoms with E-state index in [1.165, 1.54) is 11.1 Å². The van der Waals surface area contributed by atoms with Crippen LogP contribution in [-0.4, -0.2) is 13.7 Å². The van der Waals surface area contributed by atoms with Crippen molar-refractivity contribution < 1.29 is 4.74 Å². The summed E-state index contributed by atoms with van der Waals surface area (Å²) in [6.07, 6.45) is 0. The number of ether oxygens (including phenoxy) is 1. The molecule has 0 fully saturated rings. The van der Waals surface area contributed by atoms with Crippen molar-refractivity contribution >= 4 is 0 Å². The van der Waals surface area contributed by atoms with Crippen LogP contribution < -0.4 is 0 Å². The molecule has 0 heterocycles. The standard InChI is InChI=1S/C12H10.C3H8O.C2H6/c1-3-7-11(8-4-1)12-9-5-2-6-10-12;1-3-4-2;1-2/h1-10H;3H2,1-2H3;1-2H3. The Balaban J connectivity index is 0.000000415. The van der Waals surface area contributed by atoms with Crippen molar-refractivity contribution in [3.05, 3.63) is 60.7 Å². The molecule has 98 valence electrons. The van der Waals surface area contributed by atoms with E-state index in [-0.39, 0.29) is 0 Å². The minimum atomic E-state index is 0.819. The van der Waals surface area contributed by atoms with E-state index in [0.717, 1.165) is 6.61 Å². The van der Waals surface area contributed by atoms with Crippen LogP contribution in [0, 0.1) is 0 Å². The molecule has 0 spiro atoms. The molecule has 2 rings (SSSR count). The molecule has 0 aliphatic heterocycles. The maximum atomic E-state index is 4.54. The van der Waals surface area contributed by atoms with Gasteiger partial charge in [-0.15, -0.1) is 0 Å². The maximum absolute atomic E-state index is 4.54. The van der Waals surface area contributed by atoms with Crippen LogP contribution in [0.1, 0.15) is 20.8 Å². The first kappa shape index (κ1) is 16.4. The molecular weight excluding hydrogens is 220 g/mol. The van der Waals surface area contributed by atoms with Crippen molar-refractivity contribution in [2.24, 2.45) is 0 Å². The molecule has 0 aromatic heterocycles. The Morgan fingerprint density at radius 3 is 1.22 bits per heavy atom. The summed E-state index contributed by atoms with van der Waals surface area (Å²) in [6.45, 7) is 6.78. The quantitative estimate of drug-likeness (QED) is 0.719. The van der Waals surface area contributed by atoms with Gasteiger partial charge in [0.15, 0.2) is 0 Å². The maximum Gasteiger partial charge on any atom is 0.0433 e. The minimum absolute atomic E-state index is 0.819. The van der Waals surface area contributed by atoms with Gasteiger partial charge in [0.25, 0.3) is 0 Å². The molecule has 1 heteroatoms. The lowest BCUT2D eigenvalue weighted by atomic mass is 10.1. The Hall–Kier alpha value is -1.60. The van der Waals surface area contributed by atoms with E-state index in [1.54, 1.807) is 7.11 Å². The Morgan fingerprint density at radius 2 is 1.00 bits per heavy atom. The zero-order valence-electron chi connectivity index (χ0n) is 11.9. The molecule has 0 radical (unpaired) electrons. The summed E-state index contributed by atoms with van der Waals surface area (Å²) in [6, 6.07) is 20.8. The van der Waals surface area contributed by atoms with Gasteiger partial charge in [0.1, 0.15) is 0 Å². The topological polar surface area (TPSA) is 9.23 Å². The lowest BCUT2D eigenvalue weighted by Gasteiger charge is -1.98. The van der Waals surface area contributed by atoms with Gasteiger partial charge in [-0.25, -0.2) is 0 Å². The predicted molar refractivity (Wildman–Crippen MR) is 80.8 cm³/mol. The highest BCUT2D eigenvalue weighted by atomic mass is 16.5. The predicted octanol–water partition coefficient (Wildman–Crippen LogP) is 5.03. The molecule has 0 atom stereocenters. The zero-order valence-corrected chi connectivity index (χ0v) is 11.9. The van der Waals surface area contributed by atoms with Crippen molar-refractivity contribution in [3.63, 3.8) is 0 Å². The van der Waals surface area contributed by atoms with E-state index >= 15 is 0 Å².